The number of hydrogen-bond acceptors (Lipinski definition) is 7. The molecule has 170 valence electrons. The third-order valence-corrected chi connectivity index (χ3v) is 5.13. The molecule has 0 aliphatic rings. The smallest absolute Gasteiger partial charge is 0.360 e. The number of carbonyl (C=O) groups is 1. The Labute approximate surface area is 192 Å². The van der Waals surface area contributed by atoms with Crippen LogP contribution in [0.25, 0.3) is 5.69 Å². The zero-order chi connectivity index (χ0) is 23.2. The summed E-state index contributed by atoms with van der Waals surface area (Å²) < 4.78 is 18.2. The molecule has 2 aromatic carbocycles. The Hall–Kier alpha value is -3.94. The first-order valence-corrected chi connectivity index (χ1v) is 10.9. The van der Waals surface area contributed by atoms with Gasteiger partial charge in [-0.15, -0.1) is 5.10 Å². The number of ether oxygens (including phenoxy) is 2. The molecule has 2 heterocycles. The third kappa shape index (κ3) is 5.28. The van der Waals surface area contributed by atoms with Crippen LogP contribution in [0.4, 0.5) is 0 Å². The Balaban J connectivity index is 1.48. The monoisotopic (exact) mass is 446 g/mol. The molecule has 0 unspecified atom stereocenters. The normalized spacial score (nSPS) is 10.9. The zero-order valence-electron chi connectivity index (χ0n) is 18.9. The number of aryl methyl sites for hydroxylation is 2. The van der Waals surface area contributed by atoms with Gasteiger partial charge in [-0.25, -0.2) is 14.5 Å². The number of benzene rings is 2. The van der Waals surface area contributed by atoms with Crippen LogP contribution < -0.4 is 4.74 Å². The van der Waals surface area contributed by atoms with E-state index in [2.05, 4.69) is 15.3 Å². The predicted octanol–water partition coefficient (Wildman–Crippen LogP) is 4.26. The van der Waals surface area contributed by atoms with E-state index >= 15 is 0 Å². The van der Waals surface area contributed by atoms with Crippen molar-refractivity contribution < 1.29 is 18.7 Å². The van der Waals surface area contributed by atoms with Crippen molar-refractivity contribution in [2.24, 2.45) is 0 Å². The molecule has 0 radical (unpaired) electrons. The van der Waals surface area contributed by atoms with Gasteiger partial charge in [0.1, 0.15) is 11.5 Å². The molecule has 0 aliphatic heterocycles. The van der Waals surface area contributed by atoms with E-state index in [0.717, 1.165) is 28.5 Å². The maximum absolute atomic E-state index is 12.4. The molecule has 8 heteroatoms. The summed E-state index contributed by atoms with van der Waals surface area (Å²) in [5.74, 6) is 1.77. The van der Waals surface area contributed by atoms with Crippen LogP contribution in [0.15, 0.2) is 59.0 Å². The second kappa shape index (κ2) is 10.1. The highest BCUT2D eigenvalue weighted by Gasteiger charge is 2.22. The third-order valence-electron chi connectivity index (χ3n) is 5.13. The molecule has 0 atom stereocenters. The predicted molar refractivity (Wildman–Crippen MR) is 122 cm³/mol. The molecule has 4 rings (SSSR count). The van der Waals surface area contributed by atoms with Crippen LogP contribution in [0.1, 0.15) is 46.0 Å². The van der Waals surface area contributed by atoms with Crippen molar-refractivity contribution in [2.75, 3.05) is 13.2 Å². The minimum Gasteiger partial charge on any atom is -0.493 e. The fourth-order valence-corrected chi connectivity index (χ4v) is 3.56. The van der Waals surface area contributed by atoms with Gasteiger partial charge in [-0.2, -0.15) is 0 Å². The van der Waals surface area contributed by atoms with Crippen molar-refractivity contribution in [2.45, 2.75) is 33.6 Å². The molecule has 0 spiro atoms. The van der Waals surface area contributed by atoms with E-state index in [1.165, 1.54) is 0 Å². The van der Waals surface area contributed by atoms with Crippen molar-refractivity contribution in [1.29, 1.82) is 0 Å². The maximum Gasteiger partial charge on any atom is 0.360 e. The Kier molecular flexibility index (Phi) is 6.83. The molecule has 2 aromatic heterocycles. The van der Waals surface area contributed by atoms with E-state index in [0.29, 0.717) is 31.0 Å². The largest absolute Gasteiger partial charge is 0.493 e. The van der Waals surface area contributed by atoms with Crippen LogP contribution in [-0.4, -0.2) is 39.2 Å². The molecule has 0 bridgehead atoms. The average Bonchev–Trinajstić information content (AvgIpc) is 3.38. The molecule has 0 saturated heterocycles. The first-order chi connectivity index (χ1) is 16.0. The number of oxazole rings is 1. The van der Waals surface area contributed by atoms with Gasteiger partial charge in [0, 0.05) is 19.8 Å². The van der Waals surface area contributed by atoms with Gasteiger partial charge in [-0.3, -0.25) is 0 Å². The van der Waals surface area contributed by atoms with E-state index in [9.17, 15) is 4.79 Å². The number of rotatable bonds is 9. The maximum atomic E-state index is 12.4. The first kappa shape index (κ1) is 22.3. The first-order valence-electron chi connectivity index (χ1n) is 10.9. The SMILES string of the molecule is CCOC(=O)c1nnn(-c2ccccc2)c1Cc1ccc(OCCc2nc(C)oc2C)cc1. The van der Waals surface area contributed by atoms with Crippen molar-refractivity contribution in [3.05, 3.63) is 88.9 Å². The fourth-order valence-electron chi connectivity index (χ4n) is 3.56. The van der Waals surface area contributed by atoms with Crippen LogP contribution in [0.2, 0.25) is 0 Å². The number of para-hydroxylation sites is 1. The van der Waals surface area contributed by atoms with Crippen molar-refractivity contribution in [3.8, 4) is 11.4 Å². The van der Waals surface area contributed by atoms with E-state index in [1.807, 2.05) is 68.4 Å². The van der Waals surface area contributed by atoms with Gasteiger partial charge >= 0.3 is 5.97 Å². The summed E-state index contributed by atoms with van der Waals surface area (Å²) >= 11 is 0. The Morgan fingerprint density at radius 3 is 2.48 bits per heavy atom. The Bertz CT molecular complexity index is 1210. The highest BCUT2D eigenvalue weighted by Crippen LogP contribution is 2.20. The molecular formula is C25H26N4O4. The summed E-state index contributed by atoms with van der Waals surface area (Å²) in [5.41, 5.74) is 3.63. The molecule has 33 heavy (non-hydrogen) atoms. The number of carbonyl (C=O) groups excluding carboxylic acids is 1. The lowest BCUT2D eigenvalue weighted by Gasteiger charge is -2.10. The Morgan fingerprint density at radius 1 is 1.06 bits per heavy atom. The van der Waals surface area contributed by atoms with Gasteiger partial charge in [0.15, 0.2) is 11.6 Å². The van der Waals surface area contributed by atoms with Gasteiger partial charge in [0.2, 0.25) is 0 Å². The number of esters is 1. The summed E-state index contributed by atoms with van der Waals surface area (Å²) in [4.78, 5) is 16.8. The van der Waals surface area contributed by atoms with Gasteiger partial charge in [-0.1, -0.05) is 35.5 Å². The van der Waals surface area contributed by atoms with E-state index in [4.69, 9.17) is 13.9 Å². The quantitative estimate of drug-likeness (QED) is 0.355. The highest BCUT2D eigenvalue weighted by molar-refractivity contribution is 5.88. The summed E-state index contributed by atoms with van der Waals surface area (Å²) in [7, 11) is 0. The van der Waals surface area contributed by atoms with Crippen molar-refractivity contribution in [3.63, 3.8) is 0 Å². The molecule has 0 fully saturated rings. The second-order valence-electron chi connectivity index (χ2n) is 7.51. The molecule has 8 nitrogen and oxygen atoms in total. The van der Waals surface area contributed by atoms with Crippen LogP contribution in [0.3, 0.4) is 0 Å². The summed E-state index contributed by atoms with van der Waals surface area (Å²) in [5, 5.41) is 8.31. The lowest BCUT2D eigenvalue weighted by Crippen LogP contribution is -2.11. The van der Waals surface area contributed by atoms with Gasteiger partial charge in [0.25, 0.3) is 0 Å². The summed E-state index contributed by atoms with van der Waals surface area (Å²) in [6.07, 6.45) is 1.14. The minimum atomic E-state index is -0.479. The van der Waals surface area contributed by atoms with Crippen LogP contribution in [0, 0.1) is 13.8 Å². The van der Waals surface area contributed by atoms with Crippen molar-refractivity contribution in [1.82, 2.24) is 20.0 Å². The van der Waals surface area contributed by atoms with Crippen molar-refractivity contribution >= 4 is 5.97 Å². The molecule has 0 amide bonds. The van der Waals surface area contributed by atoms with Crippen LogP contribution >= 0.6 is 0 Å². The van der Waals surface area contributed by atoms with Gasteiger partial charge < -0.3 is 13.9 Å². The fraction of sp³-hybridized carbons (Fsp3) is 0.280. The highest BCUT2D eigenvalue weighted by atomic mass is 16.5. The standard InChI is InChI=1S/C25H26N4O4/c1-4-31-25(30)24-23(29(28-27-24)20-8-6-5-7-9-20)16-19-10-12-21(13-11-19)32-15-14-22-17(2)33-18(3)26-22/h5-13H,4,14-16H2,1-3H3. The summed E-state index contributed by atoms with van der Waals surface area (Å²) in [6, 6.07) is 17.4. The van der Waals surface area contributed by atoms with E-state index in [1.54, 1.807) is 11.6 Å². The van der Waals surface area contributed by atoms with E-state index in [-0.39, 0.29) is 12.3 Å². The topological polar surface area (TPSA) is 92.3 Å². The van der Waals surface area contributed by atoms with Crippen LogP contribution in [0.5, 0.6) is 5.75 Å². The lowest BCUT2D eigenvalue weighted by atomic mass is 10.1. The molecule has 4 aromatic rings. The number of nitrogens with zero attached hydrogens (tertiary/aromatic N) is 4. The molecule has 0 N–H and O–H groups in total. The van der Waals surface area contributed by atoms with E-state index < -0.39 is 5.97 Å². The average molecular weight is 447 g/mol. The molecular weight excluding hydrogens is 420 g/mol. The van der Waals surface area contributed by atoms with Gasteiger partial charge in [0.05, 0.1) is 30.3 Å². The zero-order valence-corrected chi connectivity index (χ0v) is 18.9. The minimum absolute atomic E-state index is 0.222. The number of hydrogen-bond donors (Lipinski definition) is 0. The molecule has 0 aliphatic carbocycles. The summed E-state index contributed by atoms with van der Waals surface area (Å²) in [6.45, 7) is 6.29. The second-order valence-corrected chi connectivity index (χ2v) is 7.51. The Morgan fingerprint density at radius 2 is 1.82 bits per heavy atom. The van der Waals surface area contributed by atoms with Crippen LogP contribution in [-0.2, 0) is 17.6 Å². The number of aromatic nitrogens is 4. The molecule has 0 saturated carbocycles. The van der Waals surface area contributed by atoms with Gasteiger partial charge in [-0.05, 0) is 43.7 Å². The lowest BCUT2D eigenvalue weighted by molar-refractivity contribution is 0.0518.